The topological polar surface area (TPSA) is 18.5 Å². The molecule has 0 saturated heterocycles. The molecule has 0 unspecified atom stereocenters. The summed E-state index contributed by atoms with van der Waals surface area (Å²) in [6.07, 6.45) is 0. The second-order valence-corrected chi connectivity index (χ2v) is 25.4. The van der Waals surface area contributed by atoms with E-state index in [0.717, 1.165) is 21.0 Å². The molecule has 7 heteroatoms. The van der Waals surface area contributed by atoms with Crippen LogP contribution in [-0.4, -0.2) is 39.1 Å². The van der Waals surface area contributed by atoms with Crippen LogP contribution in [0.2, 0.25) is 21.3 Å². The Kier molecular flexibility index (Phi) is 21.2. The van der Waals surface area contributed by atoms with Crippen LogP contribution in [0.4, 0.5) is 0 Å². The molecular formula is C12H32O2PtSi4. The Balaban J connectivity index is -0.000000206. The molecule has 0 fully saturated rings. The molecule has 0 amide bonds. The zero-order valence-corrected chi connectivity index (χ0v) is 22.0. The van der Waals surface area contributed by atoms with Crippen molar-refractivity contribution in [3.63, 3.8) is 0 Å². The zero-order valence-electron chi connectivity index (χ0n) is 13.4. The molecule has 0 aliphatic heterocycles. The number of hydrogen-bond acceptors (Lipinski definition) is 2. The minimum atomic E-state index is -1.08. The molecule has 118 valence electrons. The fourth-order valence-corrected chi connectivity index (χ4v) is 4.04. The van der Waals surface area contributed by atoms with Crippen molar-refractivity contribution >= 4 is 39.1 Å². The molecule has 0 aromatic rings. The van der Waals surface area contributed by atoms with Crippen LogP contribution in [-0.2, 0) is 24.3 Å². The monoisotopic (exact) mass is 515 g/mol. The van der Waals surface area contributed by atoms with E-state index in [0.29, 0.717) is 0 Å². The third-order valence-electron chi connectivity index (χ3n) is 1.47. The van der Waals surface area contributed by atoms with Gasteiger partial charge in [-0.3, -0.25) is 0 Å². The summed E-state index contributed by atoms with van der Waals surface area (Å²) in [5.74, 6) is 0. The van der Waals surface area contributed by atoms with Gasteiger partial charge in [-0.05, 0) is 0 Å². The van der Waals surface area contributed by atoms with Crippen molar-refractivity contribution in [3.05, 3.63) is 49.1 Å². The molecular weight excluding hydrogens is 484 g/mol. The predicted octanol–water partition coefficient (Wildman–Crippen LogP) is 1.25. The molecule has 0 radical (unpaired) electrons. The Morgan fingerprint density at radius 3 is 0.895 bits per heavy atom. The van der Waals surface area contributed by atoms with E-state index in [1.165, 1.54) is 0 Å². The van der Waals surface area contributed by atoms with Crippen molar-refractivity contribution in [1.82, 2.24) is 0 Å². The van der Waals surface area contributed by atoms with Crippen LogP contribution in [0.5, 0.6) is 0 Å². The molecule has 19 heavy (non-hydrogen) atoms. The number of hydrogen-bond donors (Lipinski definition) is 0. The van der Waals surface area contributed by atoms with Gasteiger partial charge in [-0.25, -0.2) is 0 Å². The first-order valence-corrected chi connectivity index (χ1v) is 19.9. The molecule has 0 N–H and O–H groups in total. The van der Waals surface area contributed by atoms with Crippen LogP contribution in [0.3, 0.4) is 0 Å². The standard InChI is InChI=1S/2C4H10OSi2.4CH3.Pt/c2*1-3-7(4-2)5-6;;;;;/h2*3-4,7H,1-2H2,6H3;4*1H3;. The van der Waals surface area contributed by atoms with Crippen LogP contribution in [0.15, 0.2) is 49.1 Å². The first kappa shape index (κ1) is 24.5. The molecule has 0 saturated carbocycles. The molecule has 0 rings (SSSR count). The van der Waals surface area contributed by atoms with Gasteiger partial charge in [0.2, 0.25) is 18.1 Å². The summed E-state index contributed by atoms with van der Waals surface area (Å²) in [4.78, 5) is 0. The first-order valence-electron chi connectivity index (χ1n) is 5.52. The van der Waals surface area contributed by atoms with Gasteiger partial charge in [0, 0.05) is 0 Å². The Labute approximate surface area is 133 Å². The fraction of sp³-hybridized carbons (Fsp3) is 0.333. The van der Waals surface area contributed by atoms with Gasteiger partial charge in [0.25, 0.3) is 0 Å². The third kappa shape index (κ3) is 32.2. The molecule has 0 aliphatic carbocycles. The Morgan fingerprint density at radius 2 is 0.895 bits per heavy atom. The quantitative estimate of drug-likeness (QED) is 0.496. The molecule has 0 spiro atoms. The third-order valence-corrected chi connectivity index (χ3v) is 7.69. The second kappa shape index (κ2) is 16.5. The molecule has 0 aromatic heterocycles. The summed E-state index contributed by atoms with van der Waals surface area (Å²) in [7, 11) is -0.542. The van der Waals surface area contributed by atoms with E-state index in [-0.39, 0.29) is 0 Å². The first-order chi connectivity index (χ1) is 8.69. The van der Waals surface area contributed by atoms with Gasteiger partial charge in [-0.15, -0.1) is 26.3 Å². The van der Waals surface area contributed by atoms with Crippen LogP contribution in [0.25, 0.3) is 0 Å². The van der Waals surface area contributed by atoms with E-state index in [1.807, 2.05) is 22.8 Å². The molecule has 0 atom stereocenters. The van der Waals surface area contributed by atoms with Crippen molar-refractivity contribution in [2.75, 3.05) is 0 Å². The van der Waals surface area contributed by atoms with Crippen molar-refractivity contribution in [2.24, 2.45) is 0 Å². The normalized spacial score (nSPS) is 10.8. The van der Waals surface area contributed by atoms with Crippen molar-refractivity contribution in [3.8, 4) is 0 Å². The van der Waals surface area contributed by atoms with Gasteiger partial charge >= 0.3 is 37.3 Å². The second-order valence-electron chi connectivity index (χ2n) is 4.24. The Hall–Kier alpha value is 0.436. The maximum absolute atomic E-state index is 5.09. The van der Waals surface area contributed by atoms with Gasteiger partial charge in [-0.2, -0.15) is 0 Å². The fourth-order valence-electron chi connectivity index (χ4n) is 0.577. The van der Waals surface area contributed by atoms with Gasteiger partial charge in [0.05, 0.1) is 0 Å². The Bertz CT molecular complexity index is 213. The Morgan fingerprint density at radius 1 is 0.737 bits per heavy atom. The van der Waals surface area contributed by atoms with Crippen molar-refractivity contribution in [2.45, 2.75) is 21.3 Å². The average molecular weight is 516 g/mol. The molecule has 0 heterocycles. The van der Waals surface area contributed by atoms with E-state index in [1.54, 1.807) is 0 Å². The summed E-state index contributed by atoms with van der Waals surface area (Å²) < 4.78 is 10.2. The molecule has 2 nitrogen and oxygen atoms in total. The number of rotatable bonds is 6. The van der Waals surface area contributed by atoms with Crippen LogP contribution >= 0.6 is 0 Å². The minimum absolute atomic E-state index is 0.811. The van der Waals surface area contributed by atoms with Crippen molar-refractivity contribution < 1.29 is 24.3 Å². The van der Waals surface area contributed by atoms with E-state index in [4.69, 9.17) is 8.23 Å². The van der Waals surface area contributed by atoms with Crippen LogP contribution < -0.4 is 0 Å². The van der Waals surface area contributed by atoms with E-state index in [2.05, 4.69) is 47.6 Å². The average Bonchev–Trinajstić information content (AvgIpc) is 2.32. The molecule has 0 aromatic carbocycles. The maximum atomic E-state index is 5.09. The molecule has 0 aliphatic rings. The SMILES string of the molecule is C=C[SiH](C=C)O[SiH3].C=C[SiH](C=C)O[SiH3].[CH3][Pt]([CH3])([CH3])[CH3]. The van der Waals surface area contributed by atoms with E-state index in [9.17, 15) is 0 Å². The van der Waals surface area contributed by atoms with Gasteiger partial charge in [-0.1, -0.05) is 22.8 Å². The molecule has 0 bridgehead atoms. The summed E-state index contributed by atoms with van der Waals surface area (Å²) in [6.45, 7) is 14.4. The predicted molar refractivity (Wildman–Crippen MR) is 101 cm³/mol. The van der Waals surface area contributed by atoms with Gasteiger partial charge < -0.3 is 8.23 Å². The van der Waals surface area contributed by atoms with E-state index >= 15 is 0 Å². The van der Waals surface area contributed by atoms with Gasteiger partial charge in [0.15, 0.2) is 0 Å². The zero-order chi connectivity index (χ0) is 15.9. The summed E-state index contributed by atoms with van der Waals surface area (Å²) in [6, 6.07) is 0. The van der Waals surface area contributed by atoms with Gasteiger partial charge in [0.1, 0.15) is 21.0 Å². The summed E-state index contributed by atoms with van der Waals surface area (Å²) >= 11 is -0.944. The summed E-state index contributed by atoms with van der Waals surface area (Å²) in [5, 5.41) is 9.47. The van der Waals surface area contributed by atoms with Crippen LogP contribution in [0.1, 0.15) is 0 Å². The van der Waals surface area contributed by atoms with Crippen LogP contribution in [0, 0.1) is 0 Å². The van der Waals surface area contributed by atoms with Crippen molar-refractivity contribution in [1.29, 1.82) is 0 Å². The summed E-state index contributed by atoms with van der Waals surface area (Å²) in [5.41, 5.74) is 7.44. The van der Waals surface area contributed by atoms with E-state index < -0.39 is 34.1 Å².